The highest BCUT2D eigenvalue weighted by Crippen LogP contribution is 2.40. The summed E-state index contributed by atoms with van der Waals surface area (Å²) >= 11 is 0. The molecule has 0 aliphatic rings. The van der Waals surface area contributed by atoms with E-state index in [0.29, 0.717) is 11.8 Å². The number of aliphatic carboxylic acids is 1. The molecule has 33 heavy (non-hydrogen) atoms. The third-order valence-electron chi connectivity index (χ3n) is 5.81. The first-order chi connectivity index (χ1) is 15.5. The second-order valence-electron chi connectivity index (χ2n) is 9.78. The van der Waals surface area contributed by atoms with Crippen molar-refractivity contribution in [2.24, 2.45) is 11.8 Å². The number of carbonyl (C=O) groups excluding carboxylic acids is 1. The van der Waals surface area contributed by atoms with Gasteiger partial charge in [0.15, 0.2) is 0 Å². The number of para-hydroxylation sites is 1. The van der Waals surface area contributed by atoms with Crippen molar-refractivity contribution in [3.05, 3.63) is 53.6 Å². The molecule has 0 aliphatic heterocycles. The number of amides is 1. The Balaban J connectivity index is 2.77. The second-order valence-corrected chi connectivity index (χ2v) is 9.78. The first-order valence-electron chi connectivity index (χ1n) is 12.0. The van der Waals surface area contributed by atoms with E-state index in [1.165, 1.54) is 0 Å². The molecule has 5 heteroatoms. The maximum Gasteiger partial charge on any atom is 0.303 e. The topological polar surface area (TPSA) is 60.9 Å². The predicted octanol–water partition coefficient (Wildman–Crippen LogP) is 6.77. The van der Waals surface area contributed by atoms with Gasteiger partial charge in [-0.3, -0.25) is 14.5 Å². The number of aryl methyl sites for hydroxylation is 1. The minimum Gasteiger partial charge on any atom is -0.481 e. The highest BCUT2D eigenvalue weighted by molar-refractivity contribution is 6.03. The maximum absolute atomic E-state index is 13.1. The molecule has 0 saturated carbocycles. The monoisotopic (exact) mass is 452 g/mol. The number of benzene rings is 2. The van der Waals surface area contributed by atoms with Gasteiger partial charge in [0, 0.05) is 20.0 Å². The molecule has 1 unspecified atom stereocenters. The van der Waals surface area contributed by atoms with Crippen LogP contribution in [0.4, 0.5) is 17.1 Å². The highest BCUT2D eigenvalue weighted by Gasteiger charge is 2.25. The summed E-state index contributed by atoms with van der Waals surface area (Å²) in [7, 11) is 0. The molecule has 180 valence electrons. The molecule has 1 N–H and O–H groups in total. The third-order valence-corrected chi connectivity index (χ3v) is 5.81. The number of carboxylic acids is 1. The van der Waals surface area contributed by atoms with E-state index in [0.717, 1.165) is 47.7 Å². The normalized spacial score (nSPS) is 12.2. The Morgan fingerprint density at radius 3 is 2.00 bits per heavy atom. The fraction of sp³-hybridized carbons (Fsp3) is 0.500. The molecule has 2 rings (SSSR count). The van der Waals surface area contributed by atoms with Crippen molar-refractivity contribution in [1.82, 2.24) is 0 Å². The summed E-state index contributed by atoms with van der Waals surface area (Å²) in [6.45, 7) is 16.1. The smallest absolute Gasteiger partial charge is 0.303 e. The van der Waals surface area contributed by atoms with Gasteiger partial charge in [-0.2, -0.15) is 0 Å². The Labute approximate surface area is 199 Å². The Morgan fingerprint density at radius 1 is 0.909 bits per heavy atom. The molecule has 0 saturated heterocycles. The first kappa shape index (κ1) is 26.4. The minimum atomic E-state index is -0.809. The number of hydrogen-bond acceptors (Lipinski definition) is 3. The van der Waals surface area contributed by atoms with Gasteiger partial charge < -0.3 is 10.0 Å². The lowest BCUT2D eigenvalue weighted by Gasteiger charge is -2.34. The molecule has 0 radical (unpaired) electrons. The van der Waals surface area contributed by atoms with Crippen LogP contribution in [0.5, 0.6) is 0 Å². The number of carboxylic acid groups (broad SMARTS) is 1. The summed E-state index contributed by atoms with van der Waals surface area (Å²) < 4.78 is 0. The molecule has 1 atom stereocenters. The molecule has 0 aliphatic carbocycles. The Bertz CT molecular complexity index is 942. The van der Waals surface area contributed by atoms with Crippen molar-refractivity contribution < 1.29 is 14.7 Å². The van der Waals surface area contributed by atoms with Gasteiger partial charge in [-0.15, -0.1) is 0 Å². The third kappa shape index (κ3) is 7.08. The number of rotatable bonds is 11. The quantitative estimate of drug-likeness (QED) is 0.409. The van der Waals surface area contributed by atoms with Crippen LogP contribution in [0.1, 0.15) is 71.4 Å². The van der Waals surface area contributed by atoms with Crippen LogP contribution in [0.3, 0.4) is 0 Å². The number of hydrogen-bond donors (Lipinski definition) is 1. The lowest BCUT2D eigenvalue weighted by molar-refractivity contribution is -0.137. The van der Waals surface area contributed by atoms with Crippen LogP contribution in [0, 0.1) is 18.8 Å². The van der Waals surface area contributed by atoms with Crippen LogP contribution in [-0.2, 0) is 9.59 Å². The molecule has 1 amide bonds. The predicted molar refractivity (Wildman–Crippen MR) is 138 cm³/mol. The Kier molecular flexibility index (Phi) is 9.51. The van der Waals surface area contributed by atoms with Crippen LogP contribution in [-0.4, -0.2) is 30.1 Å². The lowest BCUT2D eigenvalue weighted by atomic mass is 9.92. The van der Waals surface area contributed by atoms with Crippen molar-refractivity contribution in [1.29, 1.82) is 0 Å². The van der Waals surface area contributed by atoms with E-state index in [9.17, 15) is 14.7 Å². The number of nitrogens with zero attached hydrogens (tertiary/aromatic N) is 2. The first-order valence-corrected chi connectivity index (χ1v) is 12.0. The maximum atomic E-state index is 13.1. The zero-order chi connectivity index (χ0) is 24.7. The summed E-state index contributed by atoms with van der Waals surface area (Å²) in [6, 6.07) is 14.0. The summed E-state index contributed by atoms with van der Waals surface area (Å²) in [5.74, 6) is -0.0736. The molecule has 0 aromatic heterocycles. The summed E-state index contributed by atoms with van der Waals surface area (Å²) in [4.78, 5) is 28.7. The van der Waals surface area contributed by atoms with Crippen LogP contribution in [0.2, 0.25) is 0 Å². The van der Waals surface area contributed by atoms with Crippen LogP contribution in [0.25, 0.3) is 0 Å². The van der Waals surface area contributed by atoms with Gasteiger partial charge in [0.25, 0.3) is 0 Å². The molecular formula is C28H40N2O3. The molecule has 0 fully saturated rings. The molecular weight excluding hydrogens is 412 g/mol. The van der Waals surface area contributed by atoms with Gasteiger partial charge in [0.05, 0.1) is 23.5 Å². The molecule has 2 aromatic carbocycles. The molecule has 2 aromatic rings. The van der Waals surface area contributed by atoms with Crippen molar-refractivity contribution in [2.45, 2.75) is 67.2 Å². The van der Waals surface area contributed by atoms with Gasteiger partial charge in [-0.05, 0) is 60.4 Å². The summed E-state index contributed by atoms with van der Waals surface area (Å²) in [5.41, 5.74) is 4.64. The zero-order valence-electron chi connectivity index (χ0n) is 21.3. The zero-order valence-corrected chi connectivity index (χ0v) is 21.3. The van der Waals surface area contributed by atoms with E-state index in [4.69, 9.17) is 0 Å². The average Bonchev–Trinajstić information content (AvgIpc) is 2.72. The summed E-state index contributed by atoms with van der Waals surface area (Å²) in [5, 5.41) is 9.43. The van der Waals surface area contributed by atoms with Crippen LogP contribution >= 0.6 is 0 Å². The number of carbonyl (C=O) groups is 2. The van der Waals surface area contributed by atoms with E-state index >= 15 is 0 Å². The Hall–Kier alpha value is -2.82. The van der Waals surface area contributed by atoms with Gasteiger partial charge in [-0.1, -0.05) is 58.9 Å². The van der Waals surface area contributed by atoms with E-state index < -0.39 is 5.97 Å². The van der Waals surface area contributed by atoms with Crippen molar-refractivity contribution in [3.63, 3.8) is 0 Å². The van der Waals surface area contributed by atoms with Gasteiger partial charge in [0.1, 0.15) is 0 Å². The van der Waals surface area contributed by atoms with Gasteiger partial charge in [-0.25, -0.2) is 0 Å². The second kappa shape index (κ2) is 11.9. The molecule has 0 spiro atoms. The molecule has 0 bridgehead atoms. The van der Waals surface area contributed by atoms with Gasteiger partial charge >= 0.3 is 5.97 Å². The highest BCUT2D eigenvalue weighted by atomic mass is 16.4. The van der Waals surface area contributed by atoms with E-state index in [2.05, 4.69) is 38.7 Å². The molecule has 0 heterocycles. The van der Waals surface area contributed by atoms with Crippen molar-refractivity contribution in [2.75, 3.05) is 22.9 Å². The minimum absolute atomic E-state index is 0.0666. The molecule has 5 nitrogen and oxygen atoms in total. The van der Waals surface area contributed by atoms with E-state index in [1.807, 2.05) is 50.2 Å². The average molecular weight is 453 g/mol. The van der Waals surface area contributed by atoms with Crippen molar-refractivity contribution in [3.8, 4) is 0 Å². The van der Waals surface area contributed by atoms with Crippen LogP contribution in [0.15, 0.2) is 42.5 Å². The summed E-state index contributed by atoms with van der Waals surface area (Å²) in [6.07, 6.45) is 0.790. The Morgan fingerprint density at radius 2 is 1.52 bits per heavy atom. The van der Waals surface area contributed by atoms with Crippen LogP contribution < -0.4 is 9.80 Å². The SMILES string of the molecule is CCC(CC(=O)O)c1ccc(N(CC(C)C)CC(C)C)c(N(C(C)=O)c2ccccc2C)c1. The van der Waals surface area contributed by atoms with E-state index in [1.54, 1.807) is 11.8 Å². The van der Waals surface area contributed by atoms with Gasteiger partial charge in [0.2, 0.25) is 5.91 Å². The van der Waals surface area contributed by atoms with E-state index in [-0.39, 0.29) is 18.2 Å². The van der Waals surface area contributed by atoms with Crippen molar-refractivity contribution >= 4 is 28.9 Å². The largest absolute Gasteiger partial charge is 0.481 e. The standard InChI is InChI=1S/C28H40N2O3/c1-8-23(16-28(32)33)24-13-14-26(29(17-19(2)3)18-20(4)5)27(15-24)30(22(7)31)25-12-10-9-11-21(25)6/h9-15,19-20,23H,8,16-18H2,1-7H3,(H,32,33). The number of anilines is 3. The lowest BCUT2D eigenvalue weighted by Crippen LogP contribution is -2.34. The fourth-order valence-corrected chi connectivity index (χ4v) is 4.39. The fourth-order valence-electron chi connectivity index (χ4n) is 4.39.